The fourth-order valence-corrected chi connectivity index (χ4v) is 2.47. The van der Waals surface area contributed by atoms with Gasteiger partial charge in [-0.2, -0.15) is 0 Å². The summed E-state index contributed by atoms with van der Waals surface area (Å²) in [4.78, 5) is 6.86. The van der Waals surface area contributed by atoms with Crippen molar-refractivity contribution < 1.29 is 9.15 Å². The molecule has 0 aliphatic rings. The minimum atomic E-state index is 0.631. The standard InChI is InChI=1S/C19H20N2O2/c1-3-21(17-7-5-4-6-8-17)13-16-14-23-19(20-16)15-9-11-18(22-2)12-10-15/h4-12,14H,3,13H2,1-2H3. The molecule has 0 saturated carbocycles. The second-order valence-corrected chi connectivity index (χ2v) is 5.22. The first-order valence-electron chi connectivity index (χ1n) is 7.69. The number of anilines is 1. The van der Waals surface area contributed by atoms with E-state index in [-0.39, 0.29) is 0 Å². The van der Waals surface area contributed by atoms with Gasteiger partial charge in [-0.15, -0.1) is 0 Å². The summed E-state index contributed by atoms with van der Waals surface area (Å²) in [6, 6.07) is 18.0. The monoisotopic (exact) mass is 308 g/mol. The van der Waals surface area contributed by atoms with Crippen LogP contribution in [0.4, 0.5) is 5.69 Å². The highest BCUT2D eigenvalue weighted by molar-refractivity contribution is 5.55. The largest absolute Gasteiger partial charge is 0.497 e. The van der Waals surface area contributed by atoms with E-state index in [0.717, 1.165) is 30.1 Å². The SMILES string of the molecule is CCN(Cc1coc(-c2ccc(OC)cc2)n1)c1ccccc1. The van der Waals surface area contributed by atoms with Crippen molar-refractivity contribution in [3.8, 4) is 17.2 Å². The Morgan fingerprint density at radius 3 is 2.43 bits per heavy atom. The van der Waals surface area contributed by atoms with Crippen molar-refractivity contribution in [1.82, 2.24) is 4.98 Å². The van der Waals surface area contributed by atoms with Crippen LogP contribution in [0, 0.1) is 0 Å². The van der Waals surface area contributed by atoms with Gasteiger partial charge in [0, 0.05) is 17.8 Å². The summed E-state index contributed by atoms with van der Waals surface area (Å²) in [5.74, 6) is 1.45. The highest BCUT2D eigenvalue weighted by Gasteiger charge is 2.11. The number of aromatic nitrogens is 1. The highest BCUT2D eigenvalue weighted by atomic mass is 16.5. The summed E-state index contributed by atoms with van der Waals surface area (Å²) in [7, 11) is 1.65. The normalized spacial score (nSPS) is 10.5. The molecule has 0 fully saturated rings. The lowest BCUT2D eigenvalue weighted by Gasteiger charge is -2.21. The minimum Gasteiger partial charge on any atom is -0.497 e. The number of hydrogen-bond donors (Lipinski definition) is 0. The molecule has 0 radical (unpaired) electrons. The highest BCUT2D eigenvalue weighted by Crippen LogP contribution is 2.23. The van der Waals surface area contributed by atoms with Crippen molar-refractivity contribution in [3.63, 3.8) is 0 Å². The molecular weight excluding hydrogens is 288 g/mol. The van der Waals surface area contributed by atoms with Gasteiger partial charge in [-0.05, 0) is 43.3 Å². The van der Waals surface area contributed by atoms with Gasteiger partial charge in [0.1, 0.15) is 12.0 Å². The van der Waals surface area contributed by atoms with Gasteiger partial charge in [-0.3, -0.25) is 0 Å². The maximum absolute atomic E-state index is 5.63. The topological polar surface area (TPSA) is 38.5 Å². The van der Waals surface area contributed by atoms with Gasteiger partial charge in [0.2, 0.25) is 5.89 Å². The number of oxazole rings is 1. The zero-order valence-corrected chi connectivity index (χ0v) is 13.4. The fraction of sp³-hybridized carbons (Fsp3) is 0.211. The van der Waals surface area contributed by atoms with Gasteiger partial charge in [-0.25, -0.2) is 4.98 Å². The Morgan fingerprint density at radius 1 is 1.04 bits per heavy atom. The molecule has 2 aromatic carbocycles. The predicted octanol–water partition coefficient (Wildman–Crippen LogP) is 4.38. The third-order valence-corrected chi connectivity index (χ3v) is 3.74. The molecule has 1 aromatic heterocycles. The molecule has 0 unspecified atom stereocenters. The van der Waals surface area contributed by atoms with Gasteiger partial charge >= 0.3 is 0 Å². The van der Waals surface area contributed by atoms with Crippen LogP contribution in [-0.2, 0) is 6.54 Å². The molecule has 23 heavy (non-hydrogen) atoms. The Bertz CT molecular complexity index is 736. The van der Waals surface area contributed by atoms with E-state index in [1.165, 1.54) is 5.69 Å². The average molecular weight is 308 g/mol. The molecule has 0 aliphatic carbocycles. The third-order valence-electron chi connectivity index (χ3n) is 3.74. The van der Waals surface area contributed by atoms with Crippen LogP contribution in [0.15, 0.2) is 65.3 Å². The Balaban J connectivity index is 1.75. The molecule has 4 nitrogen and oxygen atoms in total. The summed E-state index contributed by atoms with van der Waals surface area (Å²) in [6.45, 7) is 3.77. The maximum atomic E-state index is 5.63. The molecule has 0 aliphatic heterocycles. The molecule has 4 heteroatoms. The molecule has 118 valence electrons. The number of nitrogens with zero attached hydrogens (tertiary/aromatic N) is 2. The van der Waals surface area contributed by atoms with Crippen molar-refractivity contribution >= 4 is 5.69 Å². The third kappa shape index (κ3) is 3.54. The second-order valence-electron chi connectivity index (χ2n) is 5.22. The van der Waals surface area contributed by atoms with Crippen molar-refractivity contribution in [2.45, 2.75) is 13.5 Å². The Morgan fingerprint density at radius 2 is 1.78 bits per heavy atom. The summed E-state index contributed by atoms with van der Waals surface area (Å²) in [5, 5.41) is 0. The van der Waals surface area contributed by atoms with Gasteiger partial charge in [-0.1, -0.05) is 18.2 Å². The van der Waals surface area contributed by atoms with Crippen molar-refractivity contribution in [2.75, 3.05) is 18.6 Å². The molecule has 0 atom stereocenters. The van der Waals surface area contributed by atoms with E-state index in [4.69, 9.17) is 9.15 Å². The first-order chi connectivity index (χ1) is 11.3. The zero-order valence-electron chi connectivity index (χ0n) is 13.4. The van der Waals surface area contributed by atoms with Crippen LogP contribution in [0.1, 0.15) is 12.6 Å². The smallest absolute Gasteiger partial charge is 0.226 e. The van der Waals surface area contributed by atoms with E-state index in [0.29, 0.717) is 5.89 Å². The van der Waals surface area contributed by atoms with Crippen molar-refractivity contribution in [2.24, 2.45) is 0 Å². The molecule has 3 aromatic rings. The first kappa shape index (κ1) is 15.2. The van der Waals surface area contributed by atoms with Crippen LogP contribution < -0.4 is 9.64 Å². The van der Waals surface area contributed by atoms with Crippen LogP contribution in [0.25, 0.3) is 11.5 Å². The quantitative estimate of drug-likeness (QED) is 0.677. The number of para-hydroxylation sites is 1. The van der Waals surface area contributed by atoms with Crippen LogP contribution in [0.3, 0.4) is 0 Å². The number of benzene rings is 2. The van der Waals surface area contributed by atoms with E-state index in [2.05, 4.69) is 28.9 Å². The minimum absolute atomic E-state index is 0.631. The number of rotatable bonds is 6. The van der Waals surface area contributed by atoms with E-state index in [9.17, 15) is 0 Å². The van der Waals surface area contributed by atoms with E-state index in [1.807, 2.05) is 42.5 Å². The summed E-state index contributed by atoms with van der Waals surface area (Å²) in [5.41, 5.74) is 3.05. The lowest BCUT2D eigenvalue weighted by atomic mass is 10.2. The van der Waals surface area contributed by atoms with Crippen LogP contribution in [0.2, 0.25) is 0 Å². The number of ether oxygens (including phenoxy) is 1. The van der Waals surface area contributed by atoms with Gasteiger partial charge in [0.15, 0.2) is 0 Å². The van der Waals surface area contributed by atoms with Gasteiger partial charge < -0.3 is 14.1 Å². The Labute approximate surface area is 136 Å². The summed E-state index contributed by atoms with van der Waals surface area (Å²) in [6.07, 6.45) is 1.73. The van der Waals surface area contributed by atoms with Gasteiger partial charge in [0.05, 0.1) is 19.3 Å². The predicted molar refractivity (Wildman–Crippen MR) is 91.7 cm³/mol. The van der Waals surface area contributed by atoms with Crippen molar-refractivity contribution in [1.29, 1.82) is 0 Å². The van der Waals surface area contributed by atoms with Crippen LogP contribution in [-0.4, -0.2) is 18.6 Å². The molecule has 1 heterocycles. The zero-order chi connectivity index (χ0) is 16.1. The molecule has 0 spiro atoms. The molecule has 0 saturated heterocycles. The lowest BCUT2D eigenvalue weighted by Crippen LogP contribution is -2.21. The van der Waals surface area contributed by atoms with E-state index >= 15 is 0 Å². The molecule has 0 amide bonds. The average Bonchev–Trinajstić information content (AvgIpc) is 3.09. The van der Waals surface area contributed by atoms with Crippen LogP contribution >= 0.6 is 0 Å². The maximum Gasteiger partial charge on any atom is 0.226 e. The molecular formula is C19H20N2O2. The van der Waals surface area contributed by atoms with Crippen molar-refractivity contribution in [3.05, 3.63) is 66.6 Å². The lowest BCUT2D eigenvalue weighted by molar-refractivity contribution is 0.415. The number of hydrogen-bond acceptors (Lipinski definition) is 4. The Hall–Kier alpha value is -2.75. The molecule has 3 rings (SSSR count). The first-order valence-corrected chi connectivity index (χ1v) is 7.69. The van der Waals surface area contributed by atoms with Gasteiger partial charge in [0.25, 0.3) is 0 Å². The summed E-state index contributed by atoms with van der Waals surface area (Å²) >= 11 is 0. The Kier molecular flexibility index (Phi) is 4.62. The molecule has 0 bridgehead atoms. The fourth-order valence-electron chi connectivity index (χ4n) is 2.47. The summed E-state index contributed by atoms with van der Waals surface area (Å²) < 4.78 is 10.8. The number of methoxy groups -OCH3 is 1. The van der Waals surface area contributed by atoms with E-state index < -0.39 is 0 Å². The molecule has 0 N–H and O–H groups in total. The van der Waals surface area contributed by atoms with E-state index in [1.54, 1.807) is 13.4 Å². The second kappa shape index (κ2) is 7.01. The van der Waals surface area contributed by atoms with Crippen LogP contribution in [0.5, 0.6) is 5.75 Å².